The third-order valence-corrected chi connectivity index (χ3v) is 5.87. The van der Waals surface area contributed by atoms with E-state index in [0.717, 1.165) is 23.1 Å². The second-order valence-corrected chi connectivity index (χ2v) is 8.06. The van der Waals surface area contributed by atoms with Crippen LogP contribution in [0.4, 0.5) is 17.3 Å². The van der Waals surface area contributed by atoms with E-state index in [-0.39, 0.29) is 24.2 Å². The van der Waals surface area contributed by atoms with Gasteiger partial charge in [-0.3, -0.25) is 9.59 Å². The summed E-state index contributed by atoms with van der Waals surface area (Å²) in [4.78, 5) is 33.2. The lowest BCUT2D eigenvalue weighted by Crippen LogP contribution is -2.51. The van der Waals surface area contributed by atoms with Crippen molar-refractivity contribution in [3.05, 3.63) is 36.4 Å². The van der Waals surface area contributed by atoms with Gasteiger partial charge in [-0.1, -0.05) is 0 Å². The quantitative estimate of drug-likeness (QED) is 0.715. The molecule has 1 aromatic heterocycles. The highest BCUT2D eigenvalue weighted by Crippen LogP contribution is 2.28. The lowest BCUT2D eigenvalue weighted by atomic mass is 10.1. The Kier molecular flexibility index (Phi) is 5.92. The molecule has 9 nitrogen and oxygen atoms in total. The van der Waals surface area contributed by atoms with Crippen LogP contribution in [0.15, 0.2) is 36.4 Å². The average molecular weight is 425 g/mol. The van der Waals surface area contributed by atoms with E-state index in [9.17, 15) is 9.59 Å². The Morgan fingerprint density at radius 1 is 1.03 bits per heavy atom. The lowest BCUT2D eigenvalue weighted by Gasteiger charge is -2.36. The van der Waals surface area contributed by atoms with Crippen LogP contribution in [0.3, 0.4) is 0 Å². The Balaban J connectivity index is 1.33. The SMILES string of the molecule is COc1ccc(N2CC(C(=O)N3CCN(c4ccc(N(C)C)nn4)CC3)CC2=O)cc1. The minimum absolute atomic E-state index is 0.0154. The van der Waals surface area contributed by atoms with Crippen molar-refractivity contribution in [2.24, 2.45) is 5.92 Å². The number of carbonyl (C=O) groups excluding carboxylic acids is 2. The molecular weight excluding hydrogens is 396 g/mol. The van der Waals surface area contributed by atoms with Crippen LogP contribution in [0.5, 0.6) is 5.75 Å². The van der Waals surface area contributed by atoms with Gasteiger partial charge in [-0.05, 0) is 36.4 Å². The lowest BCUT2D eigenvalue weighted by molar-refractivity contribution is -0.136. The Labute approximate surface area is 182 Å². The predicted octanol–water partition coefficient (Wildman–Crippen LogP) is 1.25. The number of aromatic nitrogens is 2. The van der Waals surface area contributed by atoms with E-state index in [0.29, 0.717) is 32.7 Å². The number of hydrogen-bond acceptors (Lipinski definition) is 7. The highest BCUT2D eigenvalue weighted by atomic mass is 16.5. The first-order valence-electron chi connectivity index (χ1n) is 10.5. The molecule has 1 unspecified atom stereocenters. The smallest absolute Gasteiger partial charge is 0.228 e. The molecule has 4 rings (SSSR count). The number of carbonyl (C=O) groups is 2. The molecule has 2 aliphatic rings. The van der Waals surface area contributed by atoms with Crippen LogP contribution >= 0.6 is 0 Å². The first-order valence-corrected chi connectivity index (χ1v) is 10.5. The van der Waals surface area contributed by atoms with Gasteiger partial charge >= 0.3 is 0 Å². The van der Waals surface area contributed by atoms with Crippen molar-refractivity contribution < 1.29 is 14.3 Å². The molecule has 2 fully saturated rings. The number of hydrogen-bond donors (Lipinski definition) is 0. The molecule has 0 radical (unpaired) electrons. The molecule has 3 heterocycles. The van der Waals surface area contributed by atoms with Crippen molar-refractivity contribution in [3.63, 3.8) is 0 Å². The topological polar surface area (TPSA) is 82.1 Å². The summed E-state index contributed by atoms with van der Waals surface area (Å²) in [5.41, 5.74) is 0.797. The molecule has 0 spiro atoms. The average Bonchev–Trinajstić information content (AvgIpc) is 3.20. The zero-order valence-electron chi connectivity index (χ0n) is 18.2. The fraction of sp³-hybridized carbons (Fsp3) is 0.455. The van der Waals surface area contributed by atoms with Gasteiger partial charge in [0.2, 0.25) is 11.8 Å². The summed E-state index contributed by atoms with van der Waals surface area (Å²) in [6.45, 7) is 3.04. The van der Waals surface area contributed by atoms with E-state index in [1.54, 1.807) is 12.0 Å². The molecule has 0 saturated carbocycles. The van der Waals surface area contributed by atoms with Crippen molar-refractivity contribution in [1.29, 1.82) is 0 Å². The van der Waals surface area contributed by atoms with Crippen molar-refractivity contribution in [3.8, 4) is 5.75 Å². The van der Waals surface area contributed by atoms with Gasteiger partial charge in [0.1, 0.15) is 5.75 Å². The fourth-order valence-electron chi connectivity index (χ4n) is 4.02. The van der Waals surface area contributed by atoms with Gasteiger partial charge in [-0.15, -0.1) is 10.2 Å². The number of anilines is 3. The van der Waals surface area contributed by atoms with Crippen LogP contribution < -0.4 is 19.4 Å². The summed E-state index contributed by atoms with van der Waals surface area (Å²) >= 11 is 0. The van der Waals surface area contributed by atoms with E-state index < -0.39 is 0 Å². The maximum absolute atomic E-state index is 13.1. The fourth-order valence-corrected chi connectivity index (χ4v) is 4.02. The van der Waals surface area contributed by atoms with Crippen molar-refractivity contribution in [2.75, 3.05) is 68.6 Å². The Morgan fingerprint density at radius 3 is 2.32 bits per heavy atom. The highest BCUT2D eigenvalue weighted by molar-refractivity contribution is 6.00. The second kappa shape index (κ2) is 8.79. The zero-order chi connectivity index (χ0) is 22.0. The largest absolute Gasteiger partial charge is 0.497 e. The van der Waals surface area contributed by atoms with Crippen LogP contribution in [0.2, 0.25) is 0 Å². The molecule has 9 heteroatoms. The summed E-state index contributed by atoms with van der Waals surface area (Å²) in [5.74, 6) is 2.10. The van der Waals surface area contributed by atoms with Crippen LogP contribution in [-0.4, -0.2) is 80.8 Å². The third-order valence-electron chi connectivity index (χ3n) is 5.87. The predicted molar refractivity (Wildman–Crippen MR) is 119 cm³/mol. The summed E-state index contributed by atoms with van der Waals surface area (Å²) in [6, 6.07) is 11.3. The Morgan fingerprint density at radius 2 is 1.74 bits per heavy atom. The van der Waals surface area contributed by atoms with Crippen molar-refractivity contribution >= 4 is 29.1 Å². The Bertz CT molecular complexity index is 923. The third kappa shape index (κ3) is 4.40. The summed E-state index contributed by atoms with van der Waals surface area (Å²) in [6.07, 6.45) is 0.253. The maximum atomic E-state index is 13.1. The zero-order valence-corrected chi connectivity index (χ0v) is 18.2. The molecule has 2 saturated heterocycles. The molecule has 0 N–H and O–H groups in total. The van der Waals surface area contributed by atoms with Gasteiger partial charge < -0.3 is 24.3 Å². The molecule has 164 valence electrons. The van der Waals surface area contributed by atoms with E-state index in [1.807, 2.05) is 60.3 Å². The first kappa shape index (κ1) is 20.9. The molecule has 2 aromatic rings. The molecule has 1 aromatic carbocycles. The molecule has 2 amide bonds. The van der Waals surface area contributed by atoms with Gasteiger partial charge in [0.05, 0.1) is 13.0 Å². The van der Waals surface area contributed by atoms with Crippen LogP contribution in [0.25, 0.3) is 0 Å². The van der Waals surface area contributed by atoms with Crippen LogP contribution in [-0.2, 0) is 9.59 Å². The normalized spacial score (nSPS) is 19.0. The number of amides is 2. The van der Waals surface area contributed by atoms with Crippen molar-refractivity contribution in [2.45, 2.75) is 6.42 Å². The van der Waals surface area contributed by atoms with Crippen LogP contribution in [0.1, 0.15) is 6.42 Å². The second-order valence-electron chi connectivity index (χ2n) is 8.06. The number of ether oxygens (including phenoxy) is 1. The van der Waals surface area contributed by atoms with Gasteiger partial charge in [0.15, 0.2) is 11.6 Å². The Hall–Kier alpha value is -3.36. The standard InChI is InChI=1S/C22H28N6O3/c1-25(2)19-8-9-20(24-23-19)26-10-12-27(13-11-26)22(30)16-14-21(29)28(15-16)17-4-6-18(31-3)7-5-17/h4-9,16H,10-15H2,1-3H3. The molecule has 1 atom stereocenters. The molecular formula is C22H28N6O3. The van der Waals surface area contributed by atoms with Crippen LogP contribution in [0, 0.1) is 5.92 Å². The maximum Gasteiger partial charge on any atom is 0.228 e. The van der Waals surface area contributed by atoms with Gasteiger partial charge in [0.25, 0.3) is 0 Å². The first-order chi connectivity index (χ1) is 15.0. The molecule has 2 aliphatic heterocycles. The minimum atomic E-state index is -0.305. The number of piperazine rings is 1. The number of nitrogens with zero attached hydrogens (tertiary/aromatic N) is 6. The summed E-state index contributed by atoms with van der Waals surface area (Å²) in [7, 11) is 5.46. The van der Waals surface area contributed by atoms with Gasteiger partial charge in [0, 0.05) is 58.9 Å². The number of rotatable bonds is 5. The van der Waals surface area contributed by atoms with Gasteiger partial charge in [-0.25, -0.2) is 0 Å². The molecule has 0 bridgehead atoms. The highest BCUT2D eigenvalue weighted by Gasteiger charge is 2.38. The number of benzene rings is 1. The molecule has 31 heavy (non-hydrogen) atoms. The minimum Gasteiger partial charge on any atom is -0.497 e. The summed E-state index contributed by atoms with van der Waals surface area (Å²) < 4.78 is 5.18. The van der Waals surface area contributed by atoms with Crippen molar-refractivity contribution in [1.82, 2.24) is 15.1 Å². The summed E-state index contributed by atoms with van der Waals surface area (Å²) in [5, 5.41) is 8.54. The van der Waals surface area contributed by atoms with Gasteiger partial charge in [-0.2, -0.15) is 0 Å². The van der Waals surface area contributed by atoms with E-state index in [2.05, 4.69) is 15.1 Å². The van der Waals surface area contributed by atoms with E-state index >= 15 is 0 Å². The number of methoxy groups -OCH3 is 1. The molecule has 0 aliphatic carbocycles. The van der Waals surface area contributed by atoms with E-state index in [1.165, 1.54) is 0 Å². The van der Waals surface area contributed by atoms with E-state index in [4.69, 9.17) is 4.74 Å². The monoisotopic (exact) mass is 424 g/mol.